The fraction of sp³-hybridized carbons (Fsp3) is 0.440. The monoisotopic (exact) mass is 466 g/mol. The normalized spacial score (nSPS) is 22.3. The number of pyridine rings is 1. The molecule has 2 fully saturated rings. The highest BCUT2D eigenvalue weighted by molar-refractivity contribution is 6.39. The first-order valence-electron chi connectivity index (χ1n) is 11.5. The summed E-state index contributed by atoms with van der Waals surface area (Å²) in [6.45, 7) is 5.84. The van der Waals surface area contributed by atoms with Crippen molar-refractivity contribution >= 4 is 23.4 Å². The van der Waals surface area contributed by atoms with Crippen molar-refractivity contribution < 1.29 is 23.9 Å². The van der Waals surface area contributed by atoms with Crippen molar-refractivity contribution in [2.45, 2.75) is 45.3 Å². The minimum absolute atomic E-state index is 0.0596. The van der Waals surface area contributed by atoms with Gasteiger partial charge in [0.2, 0.25) is 5.91 Å². The summed E-state index contributed by atoms with van der Waals surface area (Å²) in [5.41, 5.74) is 7.62. The van der Waals surface area contributed by atoms with E-state index in [2.05, 4.69) is 17.2 Å². The van der Waals surface area contributed by atoms with Gasteiger partial charge in [0.25, 0.3) is 0 Å². The molecule has 34 heavy (non-hydrogen) atoms. The summed E-state index contributed by atoms with van der Waals surface area (Å²) in [7, 11) is 0. The molecule has 3 amide bonds. The van der Waals surface area contributed by atoms with Crippen LogP contribution < -0.4 is 15.8 Å². The first-order valence-corrected chi connectivity index (χ1v) is 11.5. The van der Waals surface area contributed by atoms with Crippen molar-refractivity contribution in [3.05, 3.63) is 53.3 Å². The van der Waals surface area contributed by atoms with E-state index in [4.69, 9.17) is 15.2 Å². The van der Waals surface area contributed by atoms with Crippen LogP contribution in [0.3, 0.4) is 0 Å². The number of carbonyl (C=O) groups is 3. The molecule has 3 heterocycles. The third-order valence-corrected chi connectivity index (χ3v) is 6.32. The average molecular weight is 467 g/mol. The molecule has 2 aliphatic rings. The molecule has 0 saturated carbocycles. The van der Waals surface area contributed by atoms with E-state index in [0.717, 1.165) is 36.1 Å². The smallest absolute Gasteiger partial charge is 0.313 e. The molecule has 9 heteroatoms. The fourth-order valence-electron chi connectivity index (χ4n) is 4.48. The van der Waals surface area contributed by atoms with Crippen LogP contribution in [-0.4, -0.2) is 53.5 Å². The van der Waals surface area contributed by atoms with E-state index in [9.17, 15) is 14.4 Å². The molecule has 180 valence electrons. The highest BCUT2D eigenvalue weighted by Crippen LogP contribution is 2.35. The van der Waals surface area contributed by atoms with Gasteiger partial charge in [-0.25, -0.2) is 0 Å². The van der Waals surface area contributed by atoms with Crippen LogP contribution in [0, 0.1) is 12.8 Å². The Morgan fingerprint density at radius 2 is 2.00 bits per heavy atom. The van der Waals surface area contributed by atoms with Crippen molar-refractivity contribution in [3.63, 3.8) is 0 Å². The Morgan fingerprint density at radius 1 is 1.18 bits per heavy atom. The molecule has 0 aliphatic carbocycles. The largest absolute Gasteiger partial charge is 0.488 e. The SMILES string of the molecule is Cc1cc([C@H]2CC[C@H](C)CN2C(=O)C(=O)Nc2cncc(C(N)=O)c2)ccc1O[C@@H]1CCOC1. The third kappa shape index (κ3) is 5.36. The molecule has 0 spiro atoms. The van der Waals surface area contributed by atoms with E-state index in [-0.39, 0.29) is 29.3 Å². The van der Waals surface area contributed by atoms with Crippen LogP contribution in [0.2, 0.25) is 0 Å². The molecule has 2 aliphatic heterocycles. The second-order valence-corrected chi connectivity index (χ2v) is 9.06. The number of nitrogens with two attached hydrogens (primary N) is 1. The number of nitrogens with one attached hydrogen (secondary N) is 1. The Morgan fingerprint density at radius 3 is 2.71 bits per heavy atom. The summed E-state index contributed by atoms with van der Waals surface area (Å²) < 4.78 is 11.5. The highest BCUT2D eigenvalue weighted by atomic mass is 16.5. The minimum Gasteiger partial charge on any atom is -0.488 e. The van der Waals surface area contributed by atoms with Crippen LogP contribution in [0.1, 0.15) is 53.7 Å². The predicted octanol–water partition coefficient (Wildman–Crippen LogP) is 2.59. The number of aryl methyl sites for hydroxylation is 1. The van der Waals surface area contributed by atoms with E-state index in [1.165, 1.54) is 18.5 Å². The van der Waals surface area contributed by atoms with Gasteiger partial charge in [0.1, 0.15) is 11.9 Å². The van der Waals surface area contributed by atoms with E-state index in [1.807, 2.05) is 25.1 Å². The lowest BCUT2D eigenvalue weighted by molar-refractivity contribution is -0.146. The Hall–Kier alpha value is -3.46. The second kappa shape index (κ2) is 10.2. The summed E-state index contributed by atoms with van der Waals surface area (Å²) in [6, 6.07) is 7.12. The van der Waals surface area contributed by atoms with Gasteiger partial charge in [-0.3, -0.25) is 19.4 Å². The summed E-state index contributed by atoms with van der Waals surface area (Å²) in [5.74, 6) is -0.981. The maximum Gasteiger partial charge on any atom is 0.313 e. The van der Waals surface area contributed by atoms with Gasteiger partial charge in [-0.15, -0.1) is 0 Å². The van der Waals surface area contributed by atoms with Gasteiger partial charge >= 0.3 is 11.8 Å². The van der Waals surface area contributed by atoms with Crippen LogP contribution in [0.4, 0.5) is 5.69 Å². The van der Waals surface area contributed by atoms with Gasteiger partial charge in [-0.2, -0.15) is 0 Å². The highest BCUT2D eigenvalue weighted by Gasteiger charge is 2.34. The number of benzene rings is 1. The number of hydrogen-bond donors (Lipinski definition) is 2. The van der Waals surface area contributed by atoms with Gasteiger partial charge in [0.05, 0.1) is 36.7 Å². The first-order chi connectivity index (χ1) is 16.3. The zero-order valence-corrected chi connectivity index (χ0v) is 19.5. The number of likely N-dealkylation sites (tertiary alicyclic amines) is 1. The summed E-state index contributed by atoms with van der Waals surface area (Å²) >= 11 is 0. The van der Waals surface area contributed by atoms with Crippen LogP contribution in [-0.2, 0) is 14.3 Å². The number of anilines is 1. The van der Waals surface area contributed by atoms with Gasteiger partial charge in [-0.05, 0) is 48.9 Å². The molecule has 3 N–H and O–H groups in total. The second-order valence-electron chi connectivity index (χ2n) is 9.06. The molecule has 1 aromatic carbocycles. The lowest BCUT2D eigenvalue weighted by Crippen LogP contribution is -2.46. The standard InChI is InChI=1S/C25H30N4O5/c1-15-3-5-21(17-4-6-22(16(2)9-17)34-20-7-8-33-14-20)29(13-15)25(32)24(31)28-19-10-18(23(26)30)11-27-12-19/h4,6,9-12,15,20-21H,3,5,7-8,13-14H2,1-2H3,(H2,26,30)(H,28,31)/t15-,20+,21+/m0/s1. The molecule has 4 rings (SSSR count). The number of amides is 3. The van der Waals surface area contributed by atoms with E-state index in [1.54, 1.807) is 4.90 Å². The van der Waals surface area contributed by atoms with Crippen LogP contribution >= 0.6 is 0 Å². The van der Waals surface area contributed by atoms with Crippen molar-refractivity contribution in [2.75, 3.05) is 25.1 Å². The van der Waals surface area contributed by atoms with Gasteiger partial charge < -0.3 is 25.4 Å². The minimum atomic E-state index is -0.777. The summed E-state index contributed by atoms with van der Waals surface area (Å²) in [5, 5.41) is 2.55. The van der Waals surface area contributed by atoms with Crippen molar-refractivity contribution in [2.24, 2.45) is 11.7 Å². The Bertz CT molecular complexity index is 1080. The number of hydrogen-bond acceptors (Lipinski definition) is 6. The topological polar surface area (TPSA) is 124 Å². The molecule has 3 atom stereocenters. The zero-order chi connectivity index (χ0) is 24.2. The third-order valence-electron chi connectivity index (χ3n) is 6.32. The summed E-state index contributed by atoms with van der Waals surface area (Å²) in [4.78, 5) is 42.9. The molecular weight excluding hydrogens is 436 g/mol. The molecule has 0 bridgehead atoms. The van der Waals surface area contributed by atoms with E-state index < -0.39 is 17.7 Å². The van der Waals surface area contributed by atoms with Crippen molar-refractivity contribution in [3.8, 4) is 5.75 Å². The Kier molecular flexibility index (Phi) is 7.12. The number of aromatic nitrogens is 1. The molecule has 2 aromatic rings. The molecule has 0 unspecified atom stereocenters. The molecule has 1 aromatic heterocycles. The molecule has 0 radical (unpaired) electrons. The van der Waals surface area contributed by atoms with Gasteiger partial charge in [0.15, 0.2) is 0 Å². The molecule has 9 nitrogen and oxygen atoms in total. The average Bonchev–Trinajstić information content (AvgIpc) is 3.33. The maximum atomic E-state index is 13.2. The molecule has 2 saturated heterocycles. The van der Waals surface area contributed by atoms with E-state index in [0.29, 0.717) is 19.8 Å². The quantitative estimate of drug-likeness (QED) is 0.653. The lowest BCUT2D eigenvalue weighted by atomic mass is 9.89. The van der Waals surface area contributed by atoms with E-state index >= 15 is 0 Å². The maximum absolute atomic E-state index is 13.2. The van der Waals surface area contributed by atoms with Gasteiger partial charge in [-0.1, -0.05) is 19.1 Å². The van der Waals surface area contributed by atoms with Crippen molar-refractivity contribution in [1.82, 2.24) is 9.88 Å². The summed E-state index contributed by atoms with van der Waals surface area (Å²) in [6.07, 6.45) is 5.32. The number of primary amides is 1. The first kappa shape index (κ1) is 23.7. The molecular formula is C25H30N4O5. The Labute approximate surface area is 198 Å². The zero-order valence-electron chi connectivity index (χ0n) is 19.5. The number of nitrogens with zero attached hydrogens (tertiary/aromatic N) is 2. The number of ether oxygens (including phenoxy) is 2. The van der Waals surface area contributed by atoms with Crippen LogP contribution in [0.25, 0.3) is 0 Å². The van der Waals surface area contributed by atoms with Gasteiger partial charge in [0, 0.05) is 19.2 Å². The van der Waals surface area contributed by atoms with Crippen LogP contribution in [0.15, 0.2) is 36.7 Å². The predicted molar refractivity (Wildman–Crippen MR) is 125 cm³/mol. The number of piperidine rings is 1. The Balaban J connectivity index is 1.50. The number of carbonyl (C=O) groups excluding carboxylic acids is 3. The van der Waals surface area contributed by atoms with Crippen LogP contribution in [0.5, 0.6) is 5.75 Å². The fourth-order valence-corrected chi connectivity index (χ4v) is 4.48. The number of rotatable bonds is 5. The van der Waals surface area contributed by atoms with Crippen molar-refractivity contribution in [1.29, 1.82) is 0 Å². The lowest BCUT2D eigenvalue weighted by Gasteiger charge is -2.38.